The van der Waals surface area contributed by atoms with E-state index in [1.54, 1.807) is 0 Å². The number of rotatable bonds is 9. The second-order valence-electron chi connectivity index (χ2n) is 5.94. The number of piperidine rings is 1. The van der Waals surface area contributed by atoms with E-state index >= 15 is 0 Å². The van der Waals surface area contributed by atoms with Crippen LogP contribution in [0.4, 0.5) is 0 Å². The molecule has 3 heteroatoms. The van der Waals surface area contributed by atoms with Gasteiger partial charge < -0.3 is 15.0 Å². The van der Waals surface area contributed by atoms with Gasteiger partial charge >= 0.3 is 0 Å². The van der Waals surface area contributed by atoms with Crippen molar-refractivity contribution in [3.8, 4) is 0 Å². The first-order valence-corrected chi connectivity index (χ1v) is 7.92. The standard InChI is InChI=1S/C15H30N2O/c1-2-8-16-15-6-10-17(11-7-15)9-3-12-18-13-14-4-5-14/h14-16H,2-13H2,1H3. The third kappa shape index (κ3) is 5.68. The summed E-state index contributed by atoms with van der Waals surface area (Å²) in [4.78, 5) is 2.60. The molecule has 2 aliphatic rings. The molecule has 2 fully saturated rings. The fourth-order valence-corrected chi connectivity index (χ4v) is 2.63. The van der Waals surface area contributed by atoms with E-state index in [-0.39, 0.29) is 0 Å². The van der Waals surface area contributed by atoms with Crippen LogP contribution < -0.4 is 5.32 Å². The van der Waals surface area contributed by atoms with Gasteiger partial charge in [0.2, 0.25) is 0 Å². The lowest BCUT2D eigenvalue weighted by Gasteiger charge is -2.32. The average molecular weight is 254 g/mol. The van der Waals surface area contributed by atoms with Crippen molar-refractivity contribution in [1.82, 2.24) is 10.2 Å². The van der Waals surface area contributed by atoms with E-state index in [1.807, 2.05) is 0 Å². The van der Waals surface area contributed by atoms with Gasteiger partial charge in [-0.2, -0.15) is 0 Å². The summed E-state index contributed by atoms with van der Waals surface area (Å²) in [5.74, 6) is 0.908. The molecule has 1 N–H and O–H groups in total. The maximum absolute atomic E-state index is 5.68. The van der Waals surface area contributed by atoms with E-state index in [0.717, 1.165) is 25.2 Å². The molecule has 0 bridgehead atoms. The van der Waals surface area contributed by atoms with E-state index < -0.39 is 0 Å². The number of hydrogen-bond acceptors (Lipinski definition) is 3. The van der Waals surface area contributed by atoms with Crippen molar-refractivity contribution in [2.24, 2.45) is 5.92 Å². The predicted molar refractivity (Wildman–Crippen MR) is 75.9 cm³/mol. The highest BCUT2D eigenvalue weighted by Gasteiger charge is 2.21. The van der Waals surface area contributed by atoms with Crippen LogP contribution in [-0.4, -0.2) is 50.3 Å². The summed E-state index contributed by atoms with van der Waals surface area (Å²) in [6, 6.07) is 0.771. The monoisotopic (exact) mass is 254 g/mol. The maximum atomic E-state index is 5.68. The van der Waals surface area contributed by atoms with Crippen LogP contribution in [0.15, 0.2) is 0 Å². The molecule has 1 saturated carbocycles. The zero-order valence-corrected chi connectivity index (χ0v) is 12.0. The molecule has 106 valence electrons. The zero-order chi connectivity index (χ0) is 12.6. The second kappa shape index (κ2) is 8.13. The molecule has 1 aliphatic carbocycles. The van der Waals surface area contributed by atoms with Crippen LogP contribution in [0.5, 0.6) is 0 Å². The molecular formula is C15H30N2O. The summed E-state index contributed by atoms with van der Waals surface area (Å²) in [6.45, 7) is 9.16. The molecule has 1 heterocycles. The van der Waals surface area contributed by atoms with Gasteiger partial charge in [0.15, 0.2) is 0 Å². The average Bonchev–Trinajstić information content (AvgIpc) is 3.21. The van der Waals surface area contributed by atoms with E-state index in [4.69, 9.17) is 4.74 Å². The summed E-state index contributed by atoms with van der Waals surface area (Å²) in [7, 11) is 0. The lowest BCUT2D eigenvalue weighted by molar-refractivity contribution is 0.106. The molecule has 0 amide bonds. The van der Waals surface area contributed by atoms with Gasteiger partial charge in [0.05, 0.1) is 0 Å². The highest BCUT2D eigenvalue weighted by molar-refractivity contribution is 4.77. The minimum absolute atomic E-state index is 0.771. The van der Waals surface area contributed by atoms with Crippen LogP contribution in [0.2, 0.25) is 0 Å². The first kappa shape index (κ1) is 14.3. The Labute approximate surface area is 112 Å². The van der Waals surface area contributed by atoms with Crippen molar-refractivity contribution in [3.63, 3.8) is 0 Å². The first-order valence-electron chi connectivity index (χ1n) is 7.92. The molecule has 3 nitrogen and oxygen atoms in total. The Kier molecular flexibility index (Phi) is 6.46. The molecule has 0 unspecified atom stereocenters. The van der Waals surface area contributed by atoms with Gasteiger partial charge in [-0.25, -0.2) is 0 Å². The molecule has 2 rings (SSSR count). The first-order chi connectivity index (χ1) is 8.88. The fourth-order valence-electron chi connectivity index (χ4n) is 2.63. The molecule has 0 aromatic carbocycles. The lowest BCUT2D eigenvalue weighted by Crippen LogP contribution is -2.43. The molecule has 0 radical (unpaired) electrons. The summed E-state index contributed by atoms with van der Waals surface area (Å²) in [5, 5.41) is 3.64. The van der Waals surface area contributed by atoms with Gasteiger partial charge in [-0.05, 0) is 64.1 Å². The molecule has 18 heavy (non-hydrogen) atoms. The van der Waals surface area contributed by atoms with E-state index in [9.17, 15) is 0 Å². The SMILES string of the molecule is CCCNC1CCN(CCCOCC2CC2)CC1. The van der Waals surface area contributed by atoms with Crippen molar-refractivity contribution in [1.29, 1.82) is 0 Å². The molecule has 0 atom stereocenters. The molecule has 0 aromatic heterocycles. The Morgan fingerprint density at radius 1 is 1.17 bits per heavy atom. The smallest absolute Gasteiger partial charge is 0.0494 e. The van der Waals surface area contributed by atoms with Gasteiger partial charge in [-0.1, -0.05) is 6.92 Å². The summed E-state index contributed by atoms with van der Waals surface area (Å²) in [5.41, 5.74) is 0. The number of nitrogens with zero attached hydrogens (tertiary/aromatic N) is 1. The van der Waals surface area contributed by atoms with Gasteiger partial charge in [0.25, 0.3) is 0 Å². The van der Waals surface area contributed by atoms with Gasteiger partial charge in [-0.3, -0.25) is 0 Å². The van der Waals surface area contributed by atoms with E-state index in [0.29, 0.717) is 0 Å². The van der Waals surface area contributed by atoms with Crippen LogP contribution in [0.25, 0.3) is 0 Å². The summed E-state index contributed by atoms with van der Waals surface area (Å²) in [6.07, 6.45) is 7.90. The number of hydrogen-bond donors (Lipinski definition) is 1. The fraction of sp³-hybridized carbons (Fsp3) is 1.00. The molecular weight excluding hydrogens is 224 g/mol. The lowest BCUT2D eigenvalue weighted by atomic mass is 10.0. The van der Waals surface area contributed by atoms with E-state index in [2.05, 4.69) is 17.1 Å². The highest BCUT2D eigenvalue weighted by atomic mass is 16.5. The normalized spacial score (nSPS) is 22.5. The Balaban J connectivity index is 1.42. The molecule has 0 aromatic rings. The topological polar surface area (TPSA) is 24.5 Å². The van der Waals surface area contributed by atoms with Crippen molar-refractivity contribution in [2.45, 2.75) is 51.5 Å². The number of nitrogens with one attached hydrogen (secondary N) is 1. The minimum Gasteiger partial charge on any atom is -0.381 e. The summed E-state index contributed by atoms with van der Waals surface area (Å²) >= 11 is 0. The number of ether oxygens (including phenoxy) is 1. The third-order valence-corrected chi connectivity index (χ3v) is 4.08. The maximum Gasteiger partial charge on any atom is 0.0494 e. The van der Waals surface area contributed by atoms with Gasteiger partial charge in [-0.15, -0.1) is 0 Å². The third-order valence-electron chi connectivity index (χ3n) is 4.08. The molecule has 0 spiro atoms. The van der Waals surface area contributed by atoms with Gasteiger partial charge in [0, 0.05) is 25.8 Å². The Hall–Kier alpha value is -0.120. The van der Waals surface area contributed by atoms with Crippen LogP contribution in [0.1, 0.15) is 45.4 Å². The molecule has 1 aliphatic heterocycles. The van der Waals surface area contributed by atoms with Crippen molar-refractivity contribution in [3.05, 3.63) is 0 Å². The highest BCUT2D eigenvalue weighted by Crippen LogP contribution is 2.28. The second-order valence-corrected chi connectivity index (χ2v) is 5.94. The zero-order valence-electron chi connectivity index (χ0n) is 12.0. The van der Waals surface area contributed by atoms with Crippen LogP contribution >= 0.6 is 0 Å². The Morgan fingerprint density at radius 3 is 2.61 bits per heavy atom. The van der Waals surface area contributed by atoms with Crippen LogP contribution in [0, 0.1) is 5.92 Å². The van der Waals surface area contributed by atoms with Crippen molar-refractivity contribution in [2.75, 3.05) is 39.4 Å². The Morgan fingerprint density at radius 2 is 1.94 bits per heavy atom. The van der Waals surface area contributed by atoms with Crippen LogP contribution in [0.3, 0.4) is 0 Å². The Bertz CT molecular complexity index is 211. The predicted octanol–water partition coefficient (Wildman–Crippen LogP) is 2.27. The largest absolute Gasteiger partial charge is 0.381 e. The minimum atomic E-state index is 0.771. The van der Waals surface area contributed by atoms with Gasteiger partial charge in [0.1, 0.15) is 0 Å². The molecule has 1 saturated heterocycles. The van der Waals surface area contributed by atoms with Crippen LogP contribution in [-0.2, 0) is 4.74 Å². The number of likely N-dealkylation sites (tertiary alicyclic amines) is 1. The van der Waals surface area contributed by atoms with Crippen molar-refractivity contribution < 1.29 is 4.74 Å². The van der Waals surface area contributed by atoms with Crippen molar-refractivity contribution >= 4 is 0 Å². The summed E-state index contributed by atoms with van der Waals surface area (Å²) < 4.78 is 5.68. The quantitative estimate of drug-likeness (QED) is 0.639. The van der Waals surface area contributed by atoms with E-state index in [1.165, 1.54) is 64.7 Å².